The molecule has 0 unspecified atom stereocenters. The van der Waals surface area contributed by atoms with Crippen LogP contribution in [0.1, 0.15) is 10.8 Å². The van der Waals surface area contributed by atoms with Crippen molar-refractivity contribution in [3.8, 4) is 0 Å². The molecule has 0 radical (unpaired) electrons. The minimum Gasteiger partial charge on any atom is -0.264 e. The third-order valence-electron chi connectivity index (χ3n) is 3.03. The minimum atomic E-state index is -3.74. The Morgan fingerprint density at radius 1 is 1.05 bits per heavy atom. The predicted molar refractivity (Wildman–Crippen MR) is 83.5 cm³/mol. The third kappa shape index (κ3) is 4.12. The standard InChI is InChI=1S/C14H16N2O4S2/c1-21(17,18)16-11-14(12-6-5-9-15-10-12)22(19,20)13-7-3-2-4-8-13/h2-10,14,16H,11H2,1H3/t14-/m1/s1. The van der Waals surface area contributed by atoms with Crippen molar-refractivity contribution in [1.82, 2.24) is 9.71 Å². The molecule has 1 aromatic heterocycles. The fourth-order valence-corrected chi connectivity index (χ4v) is 4.22. The lowest BCUT2D eigenvalue weighted by atomic mass is 10.2. The Labute approximate surface area is 130 Å². The van der Waals surface area contributed by atoms with Gasteiger partial charge >= 0.3 is 0 Å². The maximum absolute atomic E-state index is 12.8. The summed E-state index contributed by atoms with van der Waals surface area (Å²) in [4.78, 5) is 4.05. The van der Waals surface area contributed by atoms with Crippen LogP contribution in [0.3, 0.4) is 0 Å². The van der Waals surface area contributed by atoms with E-state index in [1.807, 2.05) is 0 Å². The molecule has 0 bridgehead atoms. The van der Waals surface area contributed by atoms with E-state index in [9.17, 15) is 16.8 Å². The number of sulfone groups is 1. The van der Waals surface area contributed by atoms with Crippen molar-refractivity contribution in [2.75, 3.05) is 12.8 Å². The smallest absolute Gasteiger partial charge is 0.208 e. The molecule has 6 nitrogen and oxygen atoms in total. The summed E-state index contributed by atoms with van der Waals surface area (Å²) in [6, 6.07) is 11.2. The largest absolute Gasteiger partial charge is 0.264 e. The van der Waals surface area contributed by atoms with Gasteiger partial charge in [-0.1, -0.05) is 24.3 Å². The van der Waals surface area contributed by atoms with Gasteiger partial charge in [-0.05, 0) is 23.8 Å². The molecule has 0 saturated heterocycles. The number of hydrogen-bond acceptors (Lipinski definition) is 5. The van der Waals surface area contributed by atoms with Crippen LogP contribution >= 0.6 is 0 Å². The molecule has 22 heavy (non-hydrogen) atoms. The van der Waals surface area contributed by atoms with E-state index < -0.39 is 25.1 Å². The molecule has 0 aliphatic rings. The van der Waals surface area contributed by atoms with Crippen LogP contribution in [0.15, 0.2) is 59.8 Å². The minimum absolute atomic E-state index is 0.138. The van der Waals surface area contributed by atoms with Crippen LogP contribution < -0.4 is 4.72 Å². The Hall–Kier alpha value is -1.77. The number of benzene rings is 1. The van der Waals surface area contributed by atoms with Crippen LogP contribution in [-0.2, 0) is 19.9 Å². The van der Waals surface area contributed by atoms with Gasteiger partial charge in [-0.15, -0.1) is 0 Å². The van der Waals surface area contributed by atoms with Gasteiger partial charge in [-0.2, -0.15) is 0 Å². The molecule has 0 fully saturated rings. The summed E-state index contributed by atoms with van der Waals surface area (Å²) in [5.74, 6) is 0. The second-order valence-corrected chi connectivity index (χ2v) is 8.72. The molecule has 1 aromatic carbocycles. The average Bonchev–Trinajstić information content (AvgIpc) is 2.48. The first kappa shape index (κ1) is 16.6. The normalized spacial score (nSPS) is 13.7. The Balaban J connectivity index is 2.44. The molecule has 0 aliphatic carbocycles. The van der Waals surface area contributed by atoms with Crippen LogP contribution in [-0.4, -0.2) is 34.6 Å². The number of rotatable bonds is 6. The quantitative estimate of drug-likeness (QED) is 0.851. The second kappa shape index (κ2) is 6.55. The van der Waals surface area contributed by atoms with Crippen molar-refractivity contribution in [1.29, 1.82) is 0 Å². The number of hydrogen-bond donors (Lipinski definition) is 1. The number of aromatic nitrogens is 1. The summed E-state index contributed by atoms with van der Waals surface area (Å²) < 4.78 is 50.5. The van der Waals surface area contributed by atoms with E-state index in [1.54, 1.807) is 30.3 Å². The highest BCUT2D eigenvalue weighted by Gasteiger charge is 2.29. The molecular formula is C14H16N2O4S2. The van der Waals surface area contributed by atoms with Crippen molar-refractivity contribution in [3.63, 3.8) is 0 Å². The van der Waals surface area contributed by atoms with E-state index in [0.717, 1.165) is 6.26 Å². The maximum Gasteiger partial charge on any atom is 0.208 e. The summed E-state index contributed by atoms with van der Waals surface area (Å²) >= 11 is 0. The molecule has 0 aliphatic heterocycles. The predicted octanol–water partition coefficient (Wildman–Crippen LogP) is 1.15. The molecule has 2 aromatic rings. The van der Waals surface area contributed by atoms with Crippen molar-refractivity contribution >= 4 is 19.9 Å². The number of sulfonamides is 1. The zero-order chi connectivity index (χ0) is 16.2. The van der Waals surface area contributed by atoms with Gasteiger partial charge in [-0.3, -0.25) is 4.98 Å². The molecule has 0 amide bonds. The van der Waals surface area contributed by atoms with Crippen molar-refractivity contribution in [3.05, 3.63) is 60.4 Å². The van der Waals surface area contributed by atoms with Gasteiger partial charge in [-0.25, -0.2) is 21.6 Å². The van der Waals surface area contributed by atoms with Crippen molar-refractivity contribution < 1.29 is 16.8 Å². The van der Waals surface area contributed by atoms with E-state index in [0.29, 0.717) is 5.56 Å². The van der Waals surface area contributed by atoms with Gasteiger partial charge in [0, 0.05) is 18.9 Å². The highest BCUT2D eigenvalue weighted by molar-refractivity contribution is 7.92. The molecule has 0 spiro atoms. The van der Waals surface area contributed by atoms with E-state index in [1.165, 1.54) is 24.5 Å². The van der Waals surface area contributed by atoms with Gasteiger partial charge in [0.25, 0.3) is 0 Å². The summed E-state index contributed by atoms with van der Waals surface area (Å²) in [6.45, 7) is -0.248. The second-order valence-electron chi connectivity index (χ2n) is 4.75. The van der Waals surface area contributed by atoms with Crippen molar-refractivity contribution in [2.45, 2.75) is 10.1 Å². The summed E-state index contributed by atoms with van der Waals surface area (Å²) in [6.07, 6.45) is 3.94. The van der Waals surface area contributed by atoms with Gasteiger partial charge in [0.15, 0.2) is 9.84 Å². The first-order chi connectivity index (χ1) is 10.3. The van der Waals surface area contributed by atoms with E-state index in [2.05, 4.69) is 9.71 Å². The lowest BCUT2D eigenvalue weighted by Crippen LogP contribution is -2.31. The Bertz CT molecular complexity index is 820. The molecule has 8 heteroatoms. The van der Waals surface area contributed by atoms with Crippen LogP contribution in [0.2, 0.25) is 0 Å². The molecular weight excluding hydrogens is 324 g/mol. The summed E-state index contributed by atoms with van der Waals surface area (Å²) in [7, 11) is -7.25. The first-order valence-corrected chi connectivity index (χ1v) is 9.88. The monoisotopic (exact) mass is 340 g/mol. The Morgan fingerprint density at radius 2 is 1.73 bits per heavy atom. The molecule has 2 rings (SSSR count). The van der Waals surface area contributed by atoms with Crippen LogP contribution in [0.5, 0.6) is 0 Å². The fourth-order valence-electron chi connectivity index (χ4n) is 1.97. The number of nitrogens with one attached hydrogen (secondary N) is 1. The Morgan fingerprint density at radius 3 is 2.27 bits per heavy atom. The van der Waals surface area contributed by atoms with Gasteiger partial charge in [0.2, 0.25) is 10.0 Å². The molecule has 1 atom stereocenters. The lowest BCUT2D eigenvalue weighted by Gasteiger charge is -2.18. The van der Waals surface area contributed by atoms with Crippen molar-refractivity contribution in [2.24, 2.45) is 0 Å². The van der Waals surface area contributed by atoms with Crippen LogP contribution in [0.25, 0.3) is 0 Å². The van der Waals surface area contributed by atoms with E-state index in [4.69, 9.17) is 0 Å². The summed E-state index contributed by atoms with van der Waals surface area (Å²) in [5.41, 5.74) is 0.433. The molecule has 1 heterocycles. The number of pyridine rings is 1. The summed E-state index contributed by atoms with van der Waals surface area (Å²) in [5, 5.41) is -1.04. The van der Waals surface area contributed by atoms with Gasteiger partial charge in [0.05, 0.1) is 11.2 Å². The fraction of sp³-hybridized carbons (Fsp3) is 0.214. The highest BCUT2D eigenvalue weighted by Crippen LogP contribution is 2.27. The maximum atomic E-state index is 12.8. The van der Waals surface area contributed by atoms with E-state index >= 15 is 0 Å². The first-order valence-electron chi connectivity index (χ1n) is 6.44. The lowest BCUT2D eigenvalue weighted by molar-refractivity contribution is 0.571. The third-order valence-corrected chi connectivity index (χ3v) is 5.84. The van der Waals surface area contributed by atoms with Crippen LogP contribution in [0.4, 0.5) is 0 Å². The Kier molecular flexibility index (Phi) is 4.94. The van der Waals surface area contributed by atoms with Crippen LogP contribution in [0, 0.1) is 0 Å². The highest BCUT2D eigenvalue weighted by atomic mass is 32.2. The van der Waals surface area contributed by atoms with Gasteiger partial charge in [0.1, 0.15) is 5.25 Å². The zero-order valence-electron chi connectivity index (χ0n) is 11.9. The molecule has 118 valence electrons. The topological polar surface area (TPSA) is 93.2 Å². The zero-order valence-corrected chi connectivity index (χ0v) is 13.5. The van der Waals surface area contributed by atoms with Gasteiger partial charge < -0.3 is 0 Å². The van der Waals surface area contributed by atoms with E-state index in [-0.39, 0.29) is 11.4 Å². The average molecular weight is 340 g/mol. The SMILES string of the molecule is CS(=O)(=O)NC[C@H](c1cccnc1)S(=O)(=O)c1ccccc1. The molecule has 0 saturated carbocycles. The molecule has 1 N–H and O–H groups in total. The number of nitrogens with zero attached hydrogens (tertiary/aromatic N) is 1.